The van der Waals surface area contributed by atoms with Crippen molar-refractivity contribution in [2.45, 2.75) is 44.8 Å². The Morgan fingerprint density at radius 3 is 2.78 bits per heavy atom. The quantitative estimate of drug-likeness (QED) is 0.918. The van der Waals surface area contributed by atoms with Crippen LogP contribution in [0.5, 0.6) is 0 Å². The van der Waals surface area contributed by atoms with Crippen molar-refractivity contribution >= 4 is 26.7 Å². The van der Waals surface area contributed by atoms with Crippen LogP contribution < -0.4 is 4.90 Å². The molecule has 0 unspecified atom stereocenters. The van der Waals surface area contributed by atoms with Crippen molar-refractivity contribution in [3.8, 4) is 0 Å². The van der Waals surface area contributed by atoms with Crippen molar-refractivity contribution in [2.75, 3.05) is 31.1 Å². The highest BCUT2D eigenvalue weighted by atomic mass is 32.1. The Morgan fingerprint density at radius 1 is 1.17 bits per heavy atom. The molecule has 2 fully saturated rings. The van der Waals surface area contributed by atoms with E-state index in [2.05, 4.69) is 34.9 Å². The SMILES string of the molecule is Cc1ccc2nc(N3CCC(N4CCC[C@@H](O)C4)CC3)sc2c1. The molecule has 0 saturated carbocycles. The van der Waals surface area contributed by atoms with Gasteiger partial charge in [0.2, 0.25) is 0 Å². The third-order valence-electron chi connectivity index (χ3n) is 5.21. The number of nitrogens with zero attached hydrogens (tertiary/aromatic N) is 3. The molecule has 1 aromatic carbocycles. The maximum atomic E-state index is 9.88. The summed E-state index contributed by atoms with van der Waals surface area (Å²) in [5.74, 6) is 0. The second-order valence-corrected chi connectivity index (χ2v) is 7.99. The number of fused-ring (bicyclic) bond motifs is 1. The monoisotopic (exact) mass is 331 g/mol. The van der Waals surface area contributed by atoms with Crippen LogP contribution in [0.2, 0.25) is 0 Å². The first-order valence-electron chi connectivity index (χ1n) is 8.73. The van der Waals surface area contributed by atoms with Crippen molar-refractivity contribution in [2.24, 2.45) is 0 Å². The van der Waals surface area contributed by atoms with Crippen LogP contribution in [0.25, 0.3) is 10.2 Å². The number of aromatic nitrogens is 1. The topological polar surface area (TPSA) is 39.6 Å². The van der Waals surface area contributed by atoms with E-state index in [0.29, 0.717) is 6.04 Å². The molecule has 0 spiro atoms. The van der Waals surface area contributed by atoms with Gasteiger partial charge >= 0.3 is 0 Å². The first-order valence-corrected chi connectivity index (χ1v) is 9.55. The Labute approximate surface area is 141 Å². The summed E-state index contributed by atoms with van der Waals surface area (Å²) in [7, 11) is 0. The molecule has 1 N–H and O–H groups in total. The smallest absolute Gasteiger partial charge is 0.186 e. The Balaban J connectivity index is 1.42. The number of hydrogen-bond donors (Lipinski definition) is 1. The lowest BCUT2D eigenvalue weighted by Gasteiger charge is -2.41. The Bertz CT molecular complexity index is 678. The zero-order chi connectivity index (χ0) is 15.8. The van der Waals surface area contributed by atoms with Crippen LogP contribution >= 0.6 is 11.3 Å². The molecule has 0 radical (unpaired) electrons. The second-order valence-electron chi connectivity index (χ2n) is 6.98. The van der Waals surface area contributed by atoms with Gasteiger partial charge in [-0.05, 0) is 56.8 Å². The summed E-state index contributed by atoms with van der Waals surface area (Å²) in [5, 5.41) is 11.1. The van der Waals surface area contributed by atoms with Crippen LogP contribution in [0.4, 0.5) is 5.13 Å². The zero-order valence-electron chi connectivity index (χ0n) is 13.7. The lowest BCUT2D eigenvalue weighted by atomic mass is 9.99. The highest BCUT2D eigenvalue weighted by molar-refractivity contribution is 7.22. The molecule has 1 atom stereocenters. The highest BCUT2D eigenvalue weighted by Gasteiger charge is 2.29. The van der Waals surface area contributed by atoms with E-state index in [0.717, 1.165) is 44.5 Å². The summed E-state index contributed by atoms with van der Waals surface area (Å²) in [6.45, 7) is 6.32. The number of hydrogen-bond acceptors (Lipinski definition) is 5. The van der Waals surface area contributed by atoms with E-state index in [1.807, 2.05) is 11.3 Å². The summed E-state index contributed by atoms with van der Waals surface area (Å²) < 4.78 is 1.29. The summed E-state index contributed by atoms with van der Waals surface area (Å²) in [4.78, 5) is 9.77. The highest BCUT2D eigenvalue weighted by Crippen LogP contribution is 2.32. The molecule has 5 heteroatoms. The molecule has 1 aromatic heterocycles. The van der Waals surface area contributed by atoms with Crippen LogP contribution in [0.1, 0.15) is 31.2 Å². The van der Waals surface area contributed by atoms with E-state index >= 15 is 0 Å². The number of aliphatic hydroxyl groups is 1. The van der Waals surface area contributed by atoms with E-state index in [1.165, 1.54) is 28.2 Å². The Hall–Kier alpha value is -1.17. The molecular formula is C18H25N3OS. The van der Waals surface area contributed by atoms with Crippen molar-refractivity contribution in [1.29, 1.82) is 0 Å². The van der Waals surface area contributed by atoms with Crippen LogP contribution in [0.3, 0.4) is 0 Å². The Kier molecular flexibility index (Phi) is 4.26. The number of anilines is 1. The maximum Gasteiger partial charge on any atom is 0.186 e. The fourth-order valence-corrected chi connectivity index (χ4v) is 5.01. The van der Waals surface area contributed by atoms with Gasteiger partial charge in [0.15, 0.2) is 5.13 Å². The molecule has 0 bridgehead atoms. The van der Waals surface area contributed by atoms with Gasteiger partial charge in [-0.15, -0.1) is 0 Å². The fraction of sp³-hybridized carbons (Fsp3) is 0.611. The van der Waals surface area contributed by atoms with Crippen LogP contribution in [0, 0.1) is 6.92 Å². The number of piperidine rings is 2. The van der Waals surface area contributed by atoms with Gasteiger partial charge < -0.3 is 10.0 Å². The molecule has 3 heterocycles. The average Bonchev–Trinajstić information content (AvgIpc) is 2.98. The Morgan fingerprint density at radius 2 is 2.00 bits per heavy atom. The molecule has 2 aliphatic rings. The van der Waals surface area contributed by atoms with E-state index in [9.17, 15) is 5.11 Å². The molecule has 4 nitrogen and oxygen atoms in total. The fourth-order valence-electron chi connectivity index (χ4n) is 3.89. The van der Waals surface area contributed by atoms with Crippen molar-refractivity contribution in [1.82, 2.24) is 9.88 Å². The summed E-state index contributed by atoms with van der Waals surface area (Å²) in [6.07, 6.45) is 4.36. The van der Waals surface area contributed by atoms with Gasteiger partial charge in [0.1, 0.15) is 0 Å². The van der Waals surface area contributed by atoms with Gasteiger partial charge in [-0.25, -0.2) is 4.98 Å². The predicted molar refractivity (Wildman–Crippen MR) is 96.4 cm³/mol. The first kappa shape index (κ1) is 15.4. The van der Waals surface area contributed by atoms with Gasteiger partial charge in [0, 0.05) is 25.7 Å². The van der Waals surface area contributed by atoms with Crippen LogP contribution in [-0.4, -0.2) is 53.3 Å². The molecule has 0 amide bonds. The summed E-state index contributed by atoms with van der Waals surface area (Å²) in [6, 6.07) is 7.14. The minimum absolute atomic E-state index is 0.116. The van der Waals surface area contributed by atoms with Crippen molar-refractivity contribution < 1.29 is 5.11 Å². The molecular weight excluding hydrogens is 306 g/mol. The number of β-amino-alcohol motifs (C(OH)–C–C–N with tert-alkyl or cyclic N) is 1. The van der Waals surface area contributed by atoms with Crippen LogP contribution in [0.15, 0.2) is 18.2 Å². The number of likely N-dealkylation sites (tertiary alicyclic amines) is 1. The molecule has 124 valence electrons. The minimum atomic E-state index is -0.116. The van der Waals surface area contributed by atoms with Gasteiger partial charge in [-0.1, -0.05) is 17.4 Å². The predicted octanol–water partition coefficient (Wildman–Crippen LogP) is 3.03. The molecule has 0 aliphatic carbocycles. The van der Waals surface area contributed by atoms with Gasteiger partial charge in [-0.2, -0.15) is 0 Å². The van der Waals surface area contributed by atoms with Gasteiger partial charge in [0.05, 0.1) is 16.3 Å². The van der Waals surface area contributed by atoms with E-state index in [1.54, 1.807) is 0 Å². The molecule has 2 aromatic rings. The lowest BCUT2D eigenvalue weighted by Crippen LogP contribution is -2.49. The van der Waals surface area contributed by atoms with Crippen molar-refractivity contribution in [3.05, 3.63) is 23.8 Å². The van der Waals surface area contributed by atoms with E-state index in [4.69, 9.17) is 4.98 Å². The first-order chi connectivity index (χ1) is 11.2. The summed E-state index contributed by atoms with van der Waals surface area (Å²) >= 11 is 1.82. The normalized spacial score (nSPS) is 24.4. The number of aryl methyl sites for hydroxylation is 1. The zero-order valence-corrected chi connectivity index (χ0v) is 14.6. The molecule has 2 saturated heterocycles. The molecule has 2 aliphatic heterocycles. The van der Waals surface area contributed by atoms with E-state index in [-0.39, 0.29) is 6.10 Å². The van der Waals surface area contributed by atoms with E-state index < -0.39 is 0 Å². The second kappa shape index (κ2) is 6.38. The van der Waals surface area contributed by atoms with Crippen molar-refractivity contribution in [3.63, 3.8) is 0 Å². The number of benzene rings is 1. The maximum absolute atomic E-state index is 9.88. The lowest BCUT2D eigenvalue weighted by molar-refractivity contribution is 0.0398. The number of rotatable bonds is 2. The third-order valence-corrected chi connectivity index (χ3v) is 6.29. The summed E-state index contributed by atoms with van der Waals surface area (Å²) in [5.41, 5.74) is 2.42. The largest absolute Gasteiger partial charge is 0.392 e. The number of thiazole rings is 1. The number of aliphatic hydroxyl groups excluding tert-OH is 1. The standard InChI is InChI=1S/C18H25N3OS/c1-13-4-5-16-17(11-13)23-18(19-16)20-9-6-14(7-10-20)21-8-2-3-15(22)12-21/h4-5,11,14-15,22H,2-3,6-10,12H2,1H3/t15-/m1/s1. The third kappa shape index (κ3) is 3.23. The van der Waals surface area contributed by atoms with Gasteiger partial charge in [-0.3, -0.25) is 4.90 Å². The van der Waals surface area contributed by atoms with Gasteiger partial charge in [0.25, 0.3) is 0 Å². The van der Waals surface area contributed by atoms with Crippen LogP contribution in [-0.2, 0) is 0 Å². The molecule has 23 heavy (non-hydrogen) atoms. The molecule has 4 rings (SSSR count). The average molecular weight is 331 g/mol. The minimum Gasteiger partial charge on any atom is -0.392 e.